The van der Waals surface area contributed by atoms with Crippen LogP contribution in [0.5, 0.6) is 0 Å². The minimum atomic E-state index is 0.578. The summed E-state index contributed by atoms with van der Waals surface area (Å²) in [6, 6.07) is 20.2. The molecule has 0 saturated carbocycles. The first-order valence-corrected chi connectivity index (χ1v) is 11.5. The van der Waals surface area contributed by atoms with Gasteiger partial charge in [-0.3, -0.25) is 9.97 Å². The lowest BCUT2D eigenvalue weighted by molar-refractivity contribution is 0.762. The van der Waals surface area contributed by atoms with E-state index in [2.05, 4.69) is 44.9 Å². The van der Waals surface area contributed by atoms with Crippen LogP contribution in [0.1, 0.15) is 28.3 Å². The van der Waals surface area contributed by atoms with Crippen LogP contribution in [0.2, 0.25) is 10.0 Å². The second-order valence-electron chi connectivity index (χ2n) is 8.22. The van der Waals surface area contributed by atoms with Crippen LogP contribution >= 0.6 is 23.2 Å². The first kappa shape index (κ1) is 21.6. The van der Waals surface area contributed by atoms with Gasteiger partial charge < -0.3 is 4.57 Å². The highest BCUT2D eigenvalue weighted by Gasteiger charge is 2.15. The van der Waals surface area contributed by atoms with Crippen molar-refractivity contribution in [1.29, 1.82) is 0 Å². The summed E-state index contributed by atoms with van der Waals surface area (Å²) >= 11 is 12.8. The second-order valence-corrected chi connectivity index (χ2v) is 9.07. The zero-order chi connectivity index (χ0) is 22.9. The molecule has 0 amide bonds. The van der Waals surface area contributed by atoms with E-state index in [9.17, 15) is 0 Å². The highest BCUT2D eigenvalue weighted by Crippen LogP contribution is 2.29. The van der Waals surface area contributed by atoms with E-state index in [1.807, 2.05) is 56.6 Å². The Morgan fingerprint density at radius 2 is 1.55 bits per heavy atom. The van der Waals surface area contributed by atoms with Crippen molar-refractivity contribution in [3.63, 3.8) is 0 Å². The molecule has 6 heteroatoms. The Kier molecular flexibility index (Phi) is 5.88. The molecule has 164 valence electrons. The summed E-state index contributed by atoms with van der Waals surface area (Å²) < 4.78 is 2.23. The molecule has 0 unspecified atom stereocenters. The molecule has 0 aliphatic rings. The van der Waals surface area contributed by atoms with E-state index in [1.54, 1.807) is 0 Å². The van der Waals surface area contributed by atoms with Gasteiger partial charge in [-0.15, -0.1) is 0 Å². The van der Waals surface area contributed by atoms with Crippen LogP contribution in [0, 0.1) is 13.8 Å². The van der Waals surface area contributed by atoms with Crippen LogP contribution in [0.4, 0.5) is 0 Å². The quantitative estimate of drug-likeness (QED) is 0.275. The van der Waals surface area contributed by atoms with Crippen LogP contribution in [0.3, 0.4) is 0 Å². The number of rotatable bonds is 5. The number of aromatic nitrogens is 4. The molecule has 0 saturated heterocycles. The highest BCUT2D eigenvalue weighted by molar-refractivity contribution is 6.33. The topological polar surface area (TPSA) is 43.6 Å². The van der Waals surface area contributed by atoms with Gasteiger partial charge in [0.25, 0.3) is 0 Å². The minimum absolute atomic E-state index is 0.578. The van der Waals surface area contributed by atoms with E-state index < -0.39 is 0 Å². The van der Waals surface area contributed by atoms with E-state index in [1.165, 1.54) is 0 Å². The number of benzene rings is 2. The van der Waals surface area contributed by atoms with E-state index in [0.29, 0.717) is 23.0 Å². The molecule has 0 bridgehead atoms. The average molecular weight is 473 g/mol. The summed E-state index contributed by atoms with van der Waals surface area (Å²) in [6.45, 7) is 4.62. The Bertz CT molecular complexity index is 1440. The van der Waals surface area contributed by atoms with Crippen molar-refractivity contribution >= 4 is 34.2 Å². The number of hydrogen-bond acceptors (Lipinski definition) is 3. The predicted octanol–water partition coefficient (Wildman–Crippen LogP) is 7.06. The molecule has 0 aliphatic heterocycles. The highest BCUT2D eigenvalue weighted by atomic mass is 35.5. The van der Waals surface area contributed by atoms with Gasteiger partial charge >= 0.3 is 0 Å². The lowest BCUT2D eigenvalue weighted by atomic mass is 10.0. The Labute approximate surface area is 202 Å². The van der Waals surface area contributed by atoms with Crippen LogP contribution < -0.4 is 0 Å². The molecule has 3 heterocycles. The zero-order valence-electron chi connectivity index (χ0n) is 18.4. The standard InChI is InChI=1S/C27H22Cl2N4/c1-17-11-21(12-18(2)31-17)20-3-6-25-26(15-20)33(16-22-14-23(28)4-5-24(22)29)27(32-25)13-19-7-9-30-10-8-19/h3-12,14-15H,13,16H2,1-2H3. The Balaban J connectivity index is 1.66. The van der Waals surface area contributed by atoms with Crippen molar-refractivity contribution in [3.8, 4) is 11.1 Å². The molecule has 0 N–H and O–H groups in total. The fourth-order valence-electron chi connectivity index (χ4n) is 4.18. The van der Waals surface area contributed by atoms with Crippen molar-refractivity contribution in [2.45, 2.75) is 26.8 Å². The Morgan fingerprint density at radius 3 is 2.30 bits per heavy atom. The van der Waals surface area contributed by atoms with Gasteiger partial charge in [0.1, 0.15) is 5.82 Å². The summed E-state index contributed by atoms with van der Waals surface area (Å²) in [6.07, 6.45) is 4.31. The van der Waals surface area contributed by atoms with Gasteiger partial charge in [-0.05, 0) is 90.7 Å². The first-order chi connectivity index (χ1) is 16.0. The number of imidazole rings is 1. The molecule has 5 rings (SSSR count). The van der Waals surface area contributed by atoms with Crippen molar-refractivity contribution in [2.24, 2.45) is 0 Å². The first-order valence-electron chi connectivity index (χ1n) is 10.7. The summed E-state index contributed by atoms with van der Waals surface area (Å²) in [4.78, 5) is 13.6. The number of aryl methyl sites for hydroxylation is 2. The maximum atomic E-state index is 6.53. The molecular weight excluding hydrogens is 451 g/mol. The van der Waals surface area contributed by atoms with Gasteiger partial charge in [-0.1, -0.05) is 29.3 Å². The molecule has 3 aromatic heterocycles. The largest absolute Gasteiger partial charge is 0.323 e. The normalized spacial score (nSPS) is 11.3. The van der Waals surface area contributed by atoms with Crippen molar-refractivity contribution < 1.29 is 0 Å². The summed E-state index contributed by atoms with van der Waals surface area (Å²) in [5, 5.41) is 1.35. The molecule has 4 nitrogen and oxygen atoms in total. The number of fused-ring (bicyclic) bond motifs is 1. The lowest BCUT2D eigenvalue weighted by Gasteiger charge is -2.12. The Hall–Kier alpha value is -3.21. The Morgan fingerprint density at radius 1 is 0.788 bits per heavy atom. The monoisotopic (exact) mass is 472 g/mol. The third kappa shape index (κ3) is 4.63. The van der Waals surface area contributed by atoms with E-state index >= 15 is 0 Å². The summed E-state index contributed by atoms with van der Waals surface area (Å²) in [5.41, 5.74) is 8.39. The minimum Gasteiger partial charge on any atom is -0.323 e. The molecule has 0 atom stereocenters. The van der Waals surface area contributed by atoms with Crippen molar-refractivity contribution in [2.75, 3.05) is 0 Å². The molecule has 0 aliphatic carbocycles. The molecule has 5 aromatic rings. The van der Waals surface area contributed by atoms with E-state index in [4.69, 9.17) is 28.2 Å². The third-order valence-electron chi connectivity index (χ3n) is 5.69. The maximum Gasteiger partial charge on any atom is 0.114 e. The number of pyridine rings is 2. The maximum absolute atomic E-state index is 6.53. The van der Waals surface area contributed by atoms with E-state index in [-0.39, 0.29) is 0 Å². The van der Waals surface area contributed by atoms with Crippen LogP contribution in [-0.2, 0) is 13.0 Å². The second kappa shape index (κ2) is 8.97. The SMILES string of the molecule is Cc1cc(-c2ccc3nc(Cc4ccncc4)n(Cc4cc(Cl)ccc4Cl)c3c2)cc(C)n1. The lowest BCUT2D eigenvalue weighted by Crippen LogP contribution is -2.06. The van der Waals surface area contributed by atoms with Gasteiger partial charge in [-0.25, -0.2) is 4.98 Å². The molecule has 0 spiro atoms. The van der Waals surface area contributed by atoms with Gasteiger partial charge in [-0.2, -0.15) is 0 Å². The molecule has 33 heavy (non-hydrogen) atoms. The number of hydrogen-bond donors (Lipinski definition) is 0. The molecule has 2 aromatic carbocycles. The molecule has 0 fully saturated rings. The fourth-order valence-corrected chi connectivity index (χ4v) is 4.55. The van der Waals surface area contributed by atoms with Crippen molar-refractivity contribution in [3.05, 3.63) is 111 Å². The van der Waals surface area contributed by atoms with Gasteiger partial charge in [0.05, 0.1) is 17.6 Å². The number of halogens is 2. The zero-order valence-corrected chi connectivity index (χ0v) is 19.9. The van der Waals surface area contributed by atoms with Crippen LogP contribution in [-0.4, -0.2) is 19.5 Å². The molecular formula is C27H22Cl2N4. The van der Waals surface area contributed by atoms with E-state index in [0.717, 1.165) is 50.5 Å². The smallest absolute Gasteiger partial charge is 0.114 e. The predicted molar refractivity (Wildman–Crippen MR) is 135 cm³/mol. The molecule has 0 radical (unpaired) electrons. The van der Waals surface area contributed by atoms with Gasteiger partial charge in [0.2, 0.25) is 0 Å². The van der Waals surface area contributed by atoms with Crippen LogP contribution in [0.15, 0.2) is 73.1 Å². The summed E-state index contributed by atoms with van der Waals surface area (Å²) in [7, 11) is 0. The summed E-state index contributed by atoms with van der Waals surface area (Å²) in [5.74, 6) is 0.964. The van der Waals surface area contributed by atoms with Gasteiger partial charge in [0, 0.05) is 40.2 Å². The van der Waals surface area contributed by atoms with Crippen molar-refractivity contribution in [1.82, 2.24) is 19.5 Å². The fraction of sp³-hybridized carbons (Fsp3) is 0.148. The van der Waals surface area contributed by atoms with Crippen LogP contribution in [0.25, 0.3) is 22.2 Å². The van der Waals surface area contributed by atoms with Gasteiger partial charge in [0.15, 0.2) is 0 Å². The third-order valence-corrected chi connectivity index (χ3v) is 6.29. The average Bonchev–Trinajstić information content (AvgIpc) is 3.12. The number of nitrogens with zero attached hydrogens (tertiary/aromatic N) is 4.